The number of rotatable bonds is 4. The van der Waals surface area contributed by atoms with Gasteiger partial charge in [0.15, 0.2) is 0 Å². The summed E-state index contributed by atoms with van der Waals surface area (Å²) >= 11 is 0. The summed E-state index contributed by atoms with van der Waals surface area (Å²) in [5, 5.41) is 2.84. The summed E-state index contributed by atoms with van der Waals surface area (Å²) in [5.41, 5.74) is 2.18. The van der Waals surface area contributed by atoms with Crippen LogP contribution in [0.2, 0.25) is 0 Å². The number of fused-ring (bicyclic) bond motifs is 1. The molecule has 2 amide bonds. The molecule has 1 heterocycles. The van der Waals surface area contributed by atoms with E-state index in [1.54, 1.807) is 11.8 Å². The van der Waals surface area contributed by atoms with Gasteiger partial charge in [-0.05, 0) is 24.0 Å². The second kappa shape index (κ2) is 6.07. The van der Waals surface area contributed by atoms with Crippen molar-refractivity contribution in [2.24, 2.45) is 5.92 Å². The van der Waals surface area contributed by atoms with Crippen LogP contribution in [0, 0.1) is 5.92 Å². The molecule has 0 spiro atoms. The highest BCUT2D eigenvalue weighted by Gasteiger charge is 2.32. The molecule has 0 saturated heterocycles. The molecule has 0 saturated carbocycles. The number of hydrogen-bond donors (Lipinski definition) is 1. The first-order valence-corrected chi connectivity index (χ1v) is 7.23. The summed E-state index contributed by atoms with van der Waals surface area (Å²) in [4.78, 5) is 26.1. The fourth-order valence-electron chi connectivity index (χ4n) is 2.52. The Morgan fingerprint density at radius 3 is 2.65 bits per heavy atom. The van der Waals surface area contributed by atoms with Crippen molar-refractivity contribution in [1.29, 1.82) is 0 Å². The summed E-state index contributed by atoms with van der Waals surface area (Å²) in [6.45, 7) is 6.41. The second-order valence-electron chi connectivity index (χ2n) is 5.51. The molecule has 0 bridgehead atoms. The van der Waals surface area contributed by atoms with Gasteiger partial charge < -0.3 is 10.2 Å². The lowest BCUT2D eigenvalue weighted by Crippen LogP contribution is -2.50. The molecule has 1 aromatic carbocycles. The third-order valence-electron chi connectivity index (χ3n) is 3.72. The average molecular weight is 274 g/mol. The summed E-state index contributed by atoms with van der Waals surface area (Å²) < 4.78 is 0. The van der Waals surface area contributed by atoms with E-state index in [1.807, 2.05) is 32.0 Å². The Morgan fingerprint density at radius 2 is 2.00 bits per heavy atom. The summed E-state index contributed by atoms with van der Waals surface area (Å²) in [6, 6.07) is 7.51. The van der Waals surface area contributed by atoms with E-state index in [0.29, 0.717) is 13.0 Å². The lowest BCUT2D eigenvalue weighted by atomic mass is 10.0. The maximum absolute atomic E-state index is 12.7. The lowest BCUT2D eigenvalue weighted by molar-refractivity contribution is -0.128. The van der Waals surface area contributed by atoms with Gasteiger partial charge in [0.25, 0.3) is 0 Å². The molecule has 0 radical (unpaired) electrons. The number of carbonyl (C=O) groups is 2. The minimum absolute atomic E-state index is 0.00764. The van der Waals surface area contributed by atoms with Gasteiger partial charge in [0, 0.05) is 18.7 Å². The Morgan fingerprint density at radius 1 is 1.30 bits per heavy atom. The number of amides is 2. The van der Waals surface area contributed by atoms with E-state index in [4.69, 9.17) is 0 Å². The topological polar surface area (TPSA) is 49.4 Å². The number of benzene rings is 1. The van der Waals surface area contributed by atoms with Crippen molar-refractivity contribution in [2.75, 3.05) is 11.4 Å². The van der Waals surface area contributed by atoms with Crippen LogP contribution in [0.15, 0.2) is 24.3 Å². The molecule has 1 aliphatic rings. The minimum atomic E-state index is -0.450. The van der Waals surface area contributed by atoms with Crippen molar-refractivity contribution >= 4 is 17.5 Å². The number of nitrogens with zero attached hydrogens (tertiary/aromatic N) is 1. The zero-order valence-corrected chi connectivity index (χ0v) is 12.3. The molecule has 20 heavy (non-hydrogen) atoms. The highest BCUT2D eigenvalue weighted by Crippen LogP contribution is 2.28. The van der Waals surface area contributed by atoms with Crippen LogP contribution in [0.4, 0.5) is 5.69 Å². The molecule has 1 aromatic rings. The van der Waals surface area contributed by atoms with Crippen LogP contribution in [0.5, 0.6) is 0 Å². The molecule has 0 unspecified atom stereocenters. The van der Waals surface area contributed by atoms with E-state index >= 15 is 0 Å². The molecule has 1 atom stereocenters. The van der Waals surface area contributed by atoms with Gasteiger partial charge in [-0.2, -0.15) is 0 Å². The largest absolute Gasteiger partial charge is 0.344 e. The molecular formula is C16H22N2O2. The van der Waals surface area contributed by atoms with Crippen LogP contribution in [0.3, 0.4) is 0 Å². The zero-order valence-electron chi connectivity index (χ0n) is 12.3. The van der Waals surface area contributed by atoms with E-state index < -0.39 is 6.04 Å². The first-order valence-electron chi connectivity index (χ1n) is 7.23. The Labute approximate surface area is 120 Å². The third-order valence-corrected chi connectivity index (χ3v) is 3.72. The summed E-state index contributed by atoms with van der Waals surface area (Å²) in [5.74, 6) is -0.0120. The Hall–Kier alpha value is -1.84. The molecule has 0 aromatic heterocycles. The van der Waals surface area contributed by atoms with E-state index in [0.717, 1.165) is 12.1 Å². The van der Waals surface area contributed by atoms with Crippen molar-refractivity contribution in [2.45, 2.75) is 39.7 Å². The highest BCUT2D eigenvalue weighted by atomic mass is 16.2. The number of hydrogen-bond acceptors (Lipinski definition) is 2. The predicted octanol–water partition coefficient (Wildman–Crippen LogP) is 2.13. The van der Waals surface area contributed by atoms with Gasteiger partial charge in [0.2, 0.25) is 11.8 Å². The van der Waals surface area contributed by atoms with Gasteiger partial charge >= 0.3 is 0 Å². The van der Waals surface area contributed by atoms with E-state index in [2.05, 4.69) is 11.4 Å². The van der Waals surface area contributed by atoms with Crippen molar-refractivity contribution < 1.29 is 9.59 Å². The fourth-order valence-corrected chi connectivity index (χ4v) is 2.52. The van der Waals surface area contributed by atoms with Crippen LogP contribution in [0.1, 0.15) is 32.8 Å². The van der Waals surface area contributed by atoms with E-state index in [1.165, 1.54) is 5.56 Å². The van der Waals surface area contributed by atoms with Gasteiger partial charge in [-0.1, -0.05) is 39.0 Å². The van der Waals surface area contributed by atoms with Gasteiger partial charge in [0.05, 0.1) is 0 Å². The lowest BCUT2D eigenvalue weighted by Gasteiger charge is -2.27. The number of carbonyl (C=O) groups excluding carboxylic acids is 2. The molecular weight excluding hydrogens is 252 g/mol. The molecule has 0 aliphatic carbocycles. The van der Waals surface area contributed by atoms with Crippen molar-refractivity contribution in [3.63, 3.8) is 0 Å². The number of anilines is 1. The molecule has 108 valence electrons. The first-order chi connectivity index (χ1) is 9.54. The first kappa shape index (κ1) is 14.6. The number of nitrogens with one attached hydrogen (secondary N) is 1. The number of para-hydroxylation sites is 1. The van der Waals surface area contributed by atoms with Gasteiger partial charge in [-0.3, -0.25) is 9.59 Å². The Balaban J connectivity index is 2.19. The molecule has 1 aliphatic heterocycles. The predicted molar refractivity (Wildman–Crippen MR) is 79.6 cm³/mol. The summed E-state index contributed by atoms with van der Waals surface area (Å²) in [7, 11) is 0. The van der Waals surface area contributed by atoms with E-state index in [-0.39, 0.29) is 17.7 Å². The maximum Gasteiger partial charge on any atom is 0.249 e. The van der Waals surface area contributed by atoms with Crippen molar-refractivity contribution in [3.05, 3.63) is 29.8 Å². The minimum Gasteiger partial charge on any atom is -0.344 e. The zero-order chi connectivity index (χ0) is 14.7. The molecule has 4 heteroatoms. The average Bonchev–Trinajstić information content (AvgIpc) is 2.87. The normalized spacial score (nSPS) is 15.1. The Bertz CT molecular complexity index is 511. The summed E-state index contributed by atoms with van der Waals surface area (Å²) in [6.07, 6.45) is 1.28. The molecule has 0 fully saturated rings. The van der Waals surface area contributed by atoms with Crippen LogP contribution in [-0.2, 0) is 16.0 Å². The van der Waals surface area contributed by atoms with Crippen LogP contribution >= 0.6 is 0 Å². The van der Waals surface area contributed by atoms with E-state index in [9.17, 15) is 9.59 Å². The monoisotopic (exact) mass is 274 g/mol. The Kier molecular flexibility index (Phi) is 4.42. The smallest absolute Gasteiger partial charge is 0.249 e. The second-order valence-corrected chi connectivity index (χ2v) is 5.51. The van der Waals surface area contributed by atoms with Crippen LogP contribution in [0.25, 0.3) is 0 Å². The highest BCUT2D eigenvalue weighted by molar-refractivity contribution is 6.00. The quantitative estimate of drug-likeness (QED) is 0.914. The van der Waals surface area contributed by atoms with Gasteiger partial charge in [0.1, 0.15) is 6.04 Å². The van der Waals surface area contributed by atoms with Gasteiger partial charge in [-0.15, -0.1) is 0 Å². The van der Waals surface area contributed by atoms with Crippen LogP contribution < -0.4 is 10.2 Å². The molecule has 1 N–H and O–H groups in total. The van der Waals surface area contributed by atoms with Crippen LogP contribution in [-0.4, -0.2) is 24.4 Å². The maximum atomic E-state index is 12.7. The fraction of sp³-hybridized carbons (Fsp3) is 0.500. The SMILES string of the molecule is CCC(=O)N[C@@H](C(=O)N1CCc2ccccc21)C(C)C. The van der Waals surface area contributed by atoms with Gasteiger partial charge in [-0.25, -0.2) is 0 Å². The molecule has 2 rings (SSSR count). The molecule has 4 nitrogen and oxygen atoms in total. The van der Waals surface area contributed by atoms with Crippen molar-refractivity contribution in [3.8, 4) is 0 Å². The van der Waals surface area contributed by atoms with Crippen molar-refractivity contribution in [1.82, 2.24) is 5.32 Å². The standard InChI is InChI=1S/C16H22N2O2/c1-4-14(19)17-15(11(2)3)16(20)18-10-9-12-7-5-6-8-13(12)18/h5-8,11,15H,4,9-10H2,1-3H3,(H,17,19)/t15-/m1/s1. The third kappa shape index (κ3) is 2.84.